The zero-order valence-corrected chi connectivity index (χ0v) is 22.5. The van der Waals surface area contributed by atoms with Gasteiger partial charge in [-0.05, 0) is 43.4 Å². The Morgan fingerprint density at radius 3 is 2.05 bits per heavy atom. The first kappa shape index (κ1) is 33.1. The summed E-state index contributed by atoms with van der Waals surface area (Å²) in [7, 11) is 0. The predicted octanol–water partition coefficient (Wildman–Crippen LogP) is -1.72. The highest BCUT2D eigenvalue weighted by atomic mass is 16.4. The zero-order valence-electron chi connectivity index (χ0n) is 22.5. The van der Waals surface area contributed by atoms with Gasteiger partial charge in [-0.1, -0.05) is 32.4 Å². The number of phenols is 1. The average molecular weight is 552 g/mol. The number of benzene rings is 1. The smallest absolute Gasteiger partial charge is 0.326 e. The van der Waals surface area contributed by atoms with E-state index in [-0.39, 0.29) is 37.0 Å². The SMILES string of the molecule is CCC(C)C(N)C(=O)NC(CCCN=C(N)N)C(=O)NC(C(=O)NC(Cc1ccc(O)cc1)C(=O)O)C(C)O. The van der Waals surface area contributed by atoms with Crippen molar-refractivity contribution in [2.24, 2.45) is 28.1 Å². The molecule has 0 aromatic heterocycles. The van der Waals surface area contributed by atoms with Gasteiger partial charge in [-0.15, -0.1) is 0 Å². The van der Waals surface area contributed by atoms with Crippen molar-refractivity contribution in [3.63, 3.8) is 0 Å². The van der Waals surface area contributed by atoms with Crippen LogP contribution in [0.4, 0.5) is 0 Å². The van der Waals surface area contributed by atoms with Crippen LogP contribution in [0.5, 0.6) is 5.75 Å². The Morgan fingerprint density at radius 2 is 1.54 bits per heavy atom. The molecule has 0 radical (unpaired) electrons. The van der Waals surface area contributed by atoms with Crippen LogP contribution in [0.3, 0.4) is 0 Å². The van der Waals surface area contributed by atoms with Gasteiger partial charge < -0.3 is 48.5 Å². The Morgan fingerprint density at radius 1 is 0.949 bits per heavy atom. The molecule has 1 rings (SSSR count). The normalized spacial score (nSPS) is 15.5. The highest BCUT2D eigenvalue weighted by molar-refractivity contribution is 5.94. The lowest BCUT2D eigenvalue weighted by Crippen LogP contribution is -2.60. The minimum atomic E-state index is -1.53. The number of carboxylic acid groups (broad SMARTS) is 1. The third kappa shape index (κ3) is 11.6. The van der Waals surface area contributed by atoms with Crippen LogP contribution in [0, 0.1) is 5.92 Å². The van der Waals surface area contributed by atoms with Gasteiger partial charge in [0, 0.05) is 13.0 Å². The number of nitrogens with zero attached hydrogens (tertiary/aromatic N) is 1. The number of rotatable bonds is 16. The van der Waals surface area contributed by atoms with Gasteiger partial charge in [0.1, 0.15) is 23.9 Å². The van der Waals surface area contributed by atoms with Crippen molar-refractivity contribution in [1.82, 2.24) is 16.0 Å². The van der Waals surface area contributed by atoms with Gasteiger partial charge in [0.25, 0.3) is 0 Å². The molecule has 0 aliphatic rings. The molecule has 0 saturated heterocycles. The molecular weight excluding hydrogens is 510 g/mol. The second kappa shape index (κ2) is 16.1. The molecule has 39 heavy (non-hydrogen) atoms. The number of carbonyl (C=O) groups excluding carboxylic acids is 3. The summed E-state index contributed by atoms with van der Waals surface area (Å²) in [6.45, 7) is 5.10. The third-order valence-corrected chi connectivity index (χ3v) is 6.19. The van der Waals surface area contributed by atoms with Gasteiger partial charge in [0.05, 0.1) is 12.1 Å². The van der Waals surface area contributed by atoms with Crippen molar-refractivity contribution >= 4 is 29.7 Å². The number of guanidine groups is 1. The number of aromatic hydroxyl groups is 1. The second-order valence-corrected chi connectivity index (χ2v) is 9.42. The van der Waals surface area contributed by atoms with Crippen LogP contribution in [-0.2, 0) is 25.6 Å². The molecule has 0 fully saturated rings. The van der Waals surface area contributed by atoms with Gasteiger partial charge in [0.15, 0.2) is 5.96 Å². The number of phenolic OH excluding ortho intramolecular Hbond substituents is 1. The Labute approximate surface area is 227 Å². The number of aliphatic hydroxyl groups is 1. The Kier molecular flexibility index (Phi) is 13.7. The number of aliphatic hydroxyl groups excluding tert-OH is 1. The van der Waals surface area contributed by atoms with E-state index in [4.69, 9.17) is 17.2 Å². The van der Waals surface area contributed by atoms with Gasteiger partial charge in [-0.2, -0.15) is 0 Å². The standard InChI is InChI=1S/C25H41N7O7/c1-4-13(2)19(26)22(36)30-17(6-5-11-29-25(27)28)21(35)32-20(14(3)33)23(37)31-18(24(38)39)12-15-7-9-16(34)10-8-15/h7-10,13-14,17-20,33-34H,4-6,11-12,26H2,1-3H3,(H,30,36)(H,31,37)(H,32,35)(H,38,39)(H4,27,28,29). The van der Waals surface area contributed by atoms with Crippen molar-refractivity contribution in [2.75, 3.05) is 6.54 Å². The van der Waals surface area contributed by atoms with Crippen molar-refractivity contribution in [3.8, 4) is 5.75 Å². The molecule has 6 unspecified atom stereocenters. The summed E-state index contributed by atoms with van der Waals surface area (Å²) in [5.41, 5.74) is 17.2. The van der Waals surface area contributed by atoms with Crippen LogP contribution >= 0.6 is 0 Å². The Balaban J connectivity index is 3.03. The van der Waals surface area contributed by atoms with Crippen LogP contribution < -0.4 is 33.2 Å². The maximum absolute atomic E-state index is 13.1. The number of nitrogens with one attached hydrogen (secondary N) is 3. The molecule has 1 aromatic carbocycles. The lowest BCUT2D eigenvalue weighted by Gasteiger charge is -2.27. The molecular formula is C25H41N7O7. The molecule has 1 aromatic rings. The van der Waals surface area contributed by atoms with E-state index in [1.807, 2.05) is 6.92 Å². The molecule has 0 bridgehead atoms. The van der Waals surface area contributed by atoms with E-state index in [9.17, 15) is 34.5 Å². The minimum Gasteiger partial charge on any atom is -0.508 e. The number of aliphatic imine (C=N–C) groups is 1. The summed E-state index contributed by atoms with van der Waals surface area (Å²) >= 11 is 0. The molecule has 0 saturated carbocycles. The van der Waals surface area contributed by atoms with Gasteiger partial charge in [0.2, 0.25) is 17.7 Å². The van der Waals surface area contributed by atoms with Gasteiger partial charge >= 0.3 is 5.97 Å². The topological polar surface area (TPSA) is 255 Å². The van der Waals surface area contributed by atoms with Crippen LogP contribution in [-0.4, -0.2) is 81.8 Å². The minimum absolute atomic E-state index is 0.00315. The molecule has 3 amide bonds. The molecule has 0 aliphatic carbocycles. The molecule has 14 nitrogen and oxygen atoms in total. The molecule has 0 spiro atoms. The number of hydrogen-bond donors (Lipinski definition) is 9. The monoisotopic (exact) mass is 551 g/mol. The first-order chi connectivity index (χ1) is 18.3. The van der Waals surface area contributed by atoms with E-state index in [1.54, 1.807) is 6.92 Å². The molecule has 0 heterocycles. The number of carbonyl (C=O) groups is 4. The summed E-state index contributed by atoms with van der Waals surface area (Å²) in [5, 5.41) is 36.6. The quantitative estimate of drug-likeness (QED) is 0.0638. The highest BCUT2D eigenvalue weighted by Gasteiger charge is 2.33. The van der Waals surface area contributed by atoms with Crippen LogP contribution in [0.1, 0.15) is 45.6 Å². The summed E-state index contributed by atoms with van der Waals surface area (Å²) in [6.07, 6.45) is -0.492. The van der Waals surface area contributed by atoms with Crippen LogP contribution in [0.2, 0.25) is 0 Å². The molecule has 0 aliphatic heterocycles. The van der Waals surface area contributed by atoms with Gasteiger partial charge in [-0.25, -0.2) is 4.79 Å². The number of carboxylic acids is 1. The van der Waals surface area contributed by atoms with Crippen molar-refractivity contribution < 1.29 is 34.5 Å². The van der Waals surface area contributed by atoms with E-state index < -0.39 is 54.0 Å². The summed E-state index contributed by atoms with van der Waals surface area (Å²) in [5.74, 6) is -3.92. The predicted molar refractivity (Wildman–Crippen MR) is 144 cm³/mol. The Bertz CT molecular complexity index is 997. The van der Waals surface area contributed by atoms with E-state index in [0.717, 1.165) is 0 Å². The second-order valence-electron chi connectivity index (χ2n) is 9.42. The third-order valence-electron chi connectivity index (χ3n) is 6.19. The summed E-state index contributed by atoms with van der Waals surface area (Å²) in [6, 6.07) is 0.838. The van der Waals surface area contributed by atoms with E-state index in [1.165, 1.54) is 31.2 Å². The molecule has 6 atom stereocenters. The maximum Gasteiger partial charge on any atom is 0.326 e. The molecule has 218 valence electrons. The number of amides is 3. The van der Waals surface area contributed by atoms with E-state index >= 15 is 0 Å². The highest BCUT2D eigenvalue weighted by Crippen LogP contribution is 2.12. The molecule has 12 N–H and O–H groups in total. The van der Waals surface area contributed by atoms with E-state index in [2.05, 4.69) is 20.9 Å². The van der Waals surface area contributed by atoms with Crippen molar-refractivity contribution in [3.05, 3.63) is 29.8 Å². The summed E-state index contributed by atoms with van der Waals surface area (Å²) in [4.78, 5) is 54.4. The largest absolute Gasteiger partial charge is 0.508 e. The Hall–Kier alpha value is -3.91. The number of nitrogens with two attached hydrogens (primary N) is 3. The fraction of sp³-hybridized carbons (Fsp3) is 0.560. The zero-order chi connectivity index (χ0) is 29.7. The number of aliphatic carboxylic acids is 1. The van der Waals surface area contributed by atoms with Gasteiger partial charge in [-0.3, -0.25) is 19.4 Å². The van der Waals surface area contributed by atoms with Crippen LogP contribution in [0.15, 0.2) is 29.3 Å². The lowest BCUT2D eigenvalue weighted by atomic mass is 9.98. The first-order valence-electron chi connectivity index (χ1n) is 12.7. The summed E-state index contributed by atoms with van der Waals surface area (Å²) < 4.78 is 0. The maximum atomic E-state index is 13.1. The lowest BCUT2D eigenvalue weighted by molar-refractivity contribution is -0.143. The first-order valence-corrected chi connectivity index (χ1v) is 12.7. The molecule has 14 heteroatoms. The number of hydrogen-bond acceptors (Lipinski definition) is 8. The van der Waals surface area contributed by atoms with E-state index in [0.29, 0.717) is 18.4 Å². The fourth-order valence-corrected chi connectivity index (χ4v) is 3.54. The fourth-order valence-electron chi connectivity index (χ4n) is 3.54. The van der Waals surface area contributed by atoms with Crippen LogP contribution in [0.25, 0.3) is 0 Å². The van der Waals surface area contributed by atoms with Crippen molar-refractivity contribution in [1.29, 1.82) is 0 Å². The average Bonchev–Trinajstić information content (AvgIpc) is 2.87. The van der Waals surface area contributed by atoms with Crippen molar-refractivity contribution in [2.45, 2.75) is 76.7 Å².